The Morgan fingerprint density at radius 1 is 1.00 bits per heavy atom. The number of nitrogen functional groups attached to an aromatic ring is 1. The van der Waals surface area contributed by atoms with E-state index in [0.29, 0.717) is 28.4 Å². The van der Waals surface area contributed by atoms with Gasteiger partial charge in [0, 0.05) is 17.1 Å². The summed E-state index contributed by atoms with van der Waals surface area (Å²) in [5.41, 5.74) is 12.6. The van der Waals surface area contributed by atoms with Crippen LogP contribution in [-0.2, 0) is 9.47 Å². The van der Waals surface area contributed by atoms with Crippen LogP contribution in [0.2, 0.25) is 0 Å². The Hall–Kier alpha value is -6.29. The molecule has 3 heterocycles. The standard InChI is InChI=1S/C22H27N5O2.C19H22N4O2/c1-13(2)19(24)18-17(27-21(28)29-22(4,5)6)11-16(12-23)26-20(18)25-15-9-7-8-14(3)10-15;1-5-25-19(24)15-10-14(20)16-17(11(2)3)22-23(18(16)21-15)13-8-6-7-12(4)9-13/h7-11,13,24H,1-6H3,(H2,25,26,27,28);6-11H,5H2,1-4H3,(H2,20,21). The zero-order valence-electron chi connectivity index (χ0n) is 32.6. The maximum Gasteiger partial charge on any atom is 0.412 e. The van der Waals surface area contributed by atoms with Gasteiger partial charge < -0.3 is 25.9 Å². The first-order valence-electron chi connectivity index (χ1n) is 17.7. The summed E-state index contributed by atoms with van der Waals surface area (Å²) in [6, 6.07) is 20.7. The number of hydrogen-bond acceptors (Lipinski definition) is 11. The Balaban J connectivity index is 0.000000243. The molecule has 0 aliphatic rings. The van der Waals surface area contributed by atoms with E-state index in [1.807, 2.05) is 82.3 Å². The largest absolute Gasteiger partial charge is 0.461 e. The molecule has 0 unspecified atom stereocenters. The number of ether oxygens (including phenoxy) is 2. The average molecular weight is 732 g/mol. The lowest BCUT2D eigenvalue weighted by atomic mass is 9.98. The molecule has 0 aliphatic heterocycles. The molecule has 2 aromatic carbocycles. The number of amides is 1. The van der Waals surface area contributed by atoms with Gasteiger partial charge in [-0.05, 0) is 101 Å². The maximum atomic E-state index is 12.4. The number of esters is 1. The molecule has 0 fully saturated rings. The molecule has 0 spiro atoms. The molecule has 282 valence electrons. The Kier molecular flexibility index (Phi) is 12.8. The first kappa shape index (κ1) is 40.5. The minimum absolute atomic E-state index is 0.117. The summed E-state index contributed by atoms with van der Waals surface area (Å²) in [4.78, 5) is 33.3. The Labute approximate surface area is 316 Å². The number of carbonyl (C=O) groups is 2. The van der Waals surface area contributed by atoms with E-state index in [2.05, 4.69) is 34.4 Å². The van der Waals surface area contributed by atoms with Crippen molar-refractivity contribution >= 4 is 51.7 Å². The zero-order valence-corrected chi connectivity index (χ0v) is 32.6. The van der Waals surface area contributed by atoms with Gasteiger partial charge in [0.2, 0.25) is 0 Å². The van der Waals surface area contributed by atoms with Crippen LogP contribution in [0.1, 0.15) is 99.9 Å². The van der Waals surface area contributed by atoms with E-state index in [-0.39, 0.29) is 35.5 Å². The Morgan fingerprint density at radius 3 is 2.24 bits per heavy atom. The second kappa shape index (κ2) is 17.0. The molecule has 3 aromatic heterocycles. The van der Waals surface area contributed by atoms with Gasteiger partial charge in [-0.25, -0.2) is 24.2 Å². The maximum absolute atomic E-state index is 12.4. The highest BCUT2D eigenvalue weighted by Crippen LogP contribution is 2.32. The molecule has 13 heteroatoms. The monoisotopic (exact) mass is 731 g/mol. The van der Waals surface area contributed by atoms with Crippen molar-refractivity contribution in [1.29, 1.82) is 10.7 Å². The van der Waals surface area contributed by atoms with E-state index < -0.39 is 17.7 Å². The summed E-state index contributed by atoms with van der Waals surface area (Å²) in [6.45, 7) is 19.2. The van der Waals surface area contributed by atoms with Crippen LogP contribution in [0.5, 0.6) is 0 Å². The average Bonchev–Trinajstić information content (AvgIpc) is 3.48. The second-order valence-corrected chi connectivity index (χ2v) is 14.4. The van der Waals surface area contributed by atoms with E-state index in [0.717, 1.165) is 33.6 Å². The molecule has 0 aliphatic carbocycles. The zero-order chi connectivity index (χ0) is 39.9. The molecular formula is C41H49N9O4. The summed E-state index contributed by atoms with van der Waals surface area (Å²) in [5, 5.41) is 29.4. The summed E-state index contributed by atoms with van der Waals surface area (Å²) in [5.74, 6) is -0.105. The number of benzene rings is 2. The van der Waals surface area contributed by atoms with E-state index in [1.165, 1.54) is 6.07 Å². The number of carbonyl (C=O) groups excluding carboxylic acids is 2. The Bertz CT molecular complexity index is 2230. The van der Waals surface area contributed by atoms with E-state index in [1.54, 1.807) is 38.4 Å². The van der Waals surface area contributed by atoms with Crippen LogP contribution in [0.4, 0.5) is 27.7 Å². The predicted molar refractivity (Wildman–Crippen MR) is 213 cm³/mol. The molecule has 5 aromatic rings. The number of rotatable bonds is 9. The van der Waals surface area contributed by atoms with Crippen molar-refractivity contribution in [1.82, 2.24) is 19.7 Å². The molecule has 5 rings (SSSR count). The van der Waals surface area contributed by atoms with Crippen molar-refractivity contribution in [3.05, 3.63) is 94.4 Å². The van der Waals surface area contributed by atoms with Crippen molar-refractivity contribution in [3.8, 4) is 11.8 Å². The fourth-order valence-electron chi connectivity index (χ4n) is 5.45. The number of aromatic nitrogens is 4. The van der Waals surface area contributed by atoms with Crippen molar-refractivity contribution in [2.24, 2.45) is 5.92 Å². The predicted octanol–water partition coefficient (Wildman–Crippen LogP) is 8.99. The van der Waals surface area contributed by atoms with Gasteiger partial charge in [-0.15, -0.1) is 0 Å². The first-order valence-corrected chi connectivity index (χ1v) is 17.7. The minimum atomic E-state index is -0.677. The van der Waals surface area contributed by atoms with Crippen molar-refractivity contribution in [2.75, 3.05) is 23.0 Å². The number of aryl methyl sites for hydroxylation is 2. The molecule has 13 nitrogen and oxygen atoms in total. The minimum Gasteiger partial charge on any atom is -0.461 e. The van der Waals surface area contributed by atoms with E-state index >= 15 is 0 Å². The lowest BCUT2D eigenvalue weighted by Gasteiger charge is -2.22. The molecule has 0 saturated heterocycles. The van der Waals surface area contributed by atoms with E-state index in [4.69, 9.17) is 25.7 Å². The number of nitriles is 1. The highest BCUT2D eigenvalue weighted by molar-refractivity contribution is 6.10. The fraction of sp³-hybridized carbons (Fsp3) is 0.341. The Morgan fingerprint density at radius 2 is 1.67 bits per heavy atom. The topological polar surface area (TPSA) is 194 Å². The summed E-state index contributed by atoms with van der Waals surface area (Å²) in [6.07, 6.45) is -0.660. The third-order valence-corrected chi connectivity index (χ3v) is 7.87. The normalized spacial score (nSPS) is 11.1. The number of anilines is 4. The SMILES string of the molecule is CCOC(=O)c1cc(N)c2c(C(C)C)nn(-c3cccc(C)c3)c2n1.Cc1cccc(Nc2nc(C#N)cc(NC(=O)OC(C)(C)C)c2C(=N)C(C)C)c1. The van der Waals surface area contributed by atoms with Crippen LogP contribution in [0.3, 0.4) is 0 Å². The summed E-state index contributed by atoms with van der Waals surface area (Å²) >= 11 is 0. The van der Waals surface area contributed by atoms with Gasteiger partial charge in [0.1, 0.15) is 23.2 Å². The summed E-state index contributed by atoms with van der Waals surface area (Å²) < 4.78 is 12.2. The van der Waals surface area contributed by atoms with E-state index in [9.17, 15) is 14.9 Å². The highest BCUT2D eigenvalue weighted by atomic mass is 16.6. The van der Waals surface area contributed by atoms with Gasteiger partial charge in [0.15, 0.2) is 11.3 Å². The van der Waals surface area contributed by atoms with Crippen LogP contribution in [-0.4, -0.2) is 49.7 Å². The van der Waals surface area contributed by atoms with Crippen LogP contribution in [0, 0.1) is 36.5 Å². The fourth-order valence-corrected chi connectivity index (χ4v) is 5.45. The second-order valence-electron chi connectivity index (χ2n) is 14.4. The molecule has 0 radical (unpaired) electrons. The molecule has 1 amide bonds. The molecule has 54 heavy (non-hydrogen) atoms. The van der Waals surface area contributed by atoms with Crippen LogP contribution in [0.25, 0.3) is 16.7 Å². The van der Waals surface area contributed by atoms with Gasteiger partial charge in [0.05, 0.1) is 34.6 Å². The quantitative estimate of drug-likeness (QED) is 0.0839. The van der Waals surface area contributed by atoms with Gasteiger partial charge in [-0.3, -0.25) is 5.32 Å². The summed E-state index contributed by atoms with van der Waals surface area (Å²) in [7, 11) is 0. The first-order chi connectivity index (χ1) is 25.4. The number of nitrogens with zero attached hydrogens (tertiary/aromatic N) is 5. The van der Waals surface area contributed by atoms with Gasteiger partial charge in [-0.1, -0.05) is 52.0 Å². The highest BCUT2D eigenvalue weighted by Gasteiger charge is 2.24. The van der Waals surface area contributed by atoms with Crippen molar-refractivity contribution < 1.29 is 19.1 Å². The lowest BCUT2D eigenvalue weighted by molar-refractivity contribution is 0.0519. The van der Waals surface area contributed by atoms with Gasteiger partial charge in [0.25, 0.3) is 0 Å². The molecule has 0 bridgehead atoms. The van der Waals surface area contributed by atoms with Crippen molar-refractivity contribution in [3.63, 3.8) is 0 Å². The van der Waals surface area contributed by atoms with Gasteiger partial charge >= 0.3 is 12.1 Å². The number of fused-ring (bicyclic) bond motifs is 1. The van der Waals surface area contributed by atoms with Crippen LogP contribution < -0.4 is 16.4 Å². The number of pyridine rings is 2. The number of nitrogens with one attached hydrogen (secondary N) is 3. The smallest absolute Gasteiger partial charge is 0.412 e. The molecular weight excluding hydrogens is 683 g/mol. The molecule has 5 N–H and O–H groups in total. The third kappa shape index (κ3) is 9.97. The molecule has 0 saturated carbocycles. The van der Waals surface area contributed by atoms with Gasteiger partial charge in [-0.2, -0.15) is 10.4 Å². The van der Waals surface area contributed by atoms with Crippen molar-refractivity contribution in [2.45, 2.75) is 80.8 Å². The molecule has 0 atom stereocenters. The number of hydrogen-bond donors (Lipinski definition) is 4. The number of nitrogens with two attached hydrogens (primary N) is 1. The lowest BCUT2D eigenvalue weighted by Crippen LogP contribution is -2.28. The van der Waals surface area contributed by atoms with Crippen LogP contribution in [0.15, 0.2) is 60.7 Å². The van der Waals surface area contributed by atoms with Crippen LogP contribution >= 0.6 is 0 Å². The third-order valence-electron chi connectivity index (χ3n) is 7.87.